The second kappa shape index (κ2) is 6.69. The lowest BCUT2D eigenvalue weighted by atomic mass is 9.92. The van der Waals surface area contributed by atoms with Crippen molar-refractivity contribution >= 4 is 17.2 Å². The maximum atomic E-state index is 12.9. The summed E-state index contributed by atoms with van der Waals surface area (Å²) in [6, 6.07) is 10.9. The highest BCUT2D eigenvalue weighted by Gasteiger charge is 2.33. The number of thiophene rings is 1. The molecule has 128 valence electrons. The van der Waals surface area contributed by atoms with Crippen LogP contribution in [0.5, 0.6) is 0 Å². The molecule has 1 aromatic carbocycles. The normalized spacial score (nSPS) is 17.7. The second-order valence-corrected chi connectivity index (χ2v) is 8.72. The van der Waals surface area contributed by atoms with Crippen LogP contribution in [-0.4, -0.2) is 29.4 Å². The molecule has 1 amide bonds. The van der Waals surface area contributed by atoms with Crippen molar-refractivity contribution in [3.05, 3.63) is 57.3 Å². The van der Waals surface area contributed by atoms with Crippen LogP contribution in [0.25, 0.3) is 0 Å². The highest BCUT2D eigenvalue weighted by Crippen LogP contribution is 2.37. The van der Waals surface area contributed by atoms with Crippen molar-refractivity contribution in [2.45, 2.75) is 45.7 Å². The third-order valence-electron chi connectivity index (χ3n) is 4.57. The largest absolute Gasteiger partial charge is 0.334 e. The Hall–Kier alpha value is -1.65. The van der Waals surface area contributed by atoms with Crippen LogP contribution in [0.3, 0.4) is 0 Å². The van der Waals surface area contributed by atoms with E-state index in [9.17, 15) is 4.79 Å². The fourth-order valence-electron chi connectivity index (χ4n) is 3.20. The monoisotopic (exact) mass is 343 g/mol. The van der Waals surface area contributed by atoms with Crippen LogP contribution in [0.4, 0.5) is 0 Å². The number of hydrogen-bond acceptors (Lipinski definition) is 2. The molecule has 0 aliphatic carbocycles. The van der Waals surface area contributed by atoms with Gasteiger partial charge in [-0.05, 0) is 56.7 Å². The average molecular weight is 344 g/mol. The first-order valence-corrected chi connectivity index (χ1v) is 9.50. The van der Waals surface area contributed by atoms with Gasteiger partial charge in [-0.25, -0.2) is 0 Å². The maximum absolute atomic E-state index is 12.9. The van der Waals surface area contributed by atoms with Crippen LogP contribution in [0, 0.1) is 6.92 Å². The molecule has 1 atom stereocenters. The summed E-state index contributed by atoms with van der Waals surface area (Å²) in [5, 5.41) is 4.28. The van der Waals surface area contributed by atoms with E-state index in [1.165, 1.54) is 21.6 Å². The van der Waals surface area contributed by atoms with Gasteiger partial charge < -0.3 is 10.2 Å². The Bertz CT molecular complexity index is 712. The van der Waals surface area contributed by atoms with E-state index in [1.54, 1.807) is 0 Å². The third-order valence-corrected chi connectivity index (χ3v) is 5.56. The maximum Gasteiger partial charge on any atom is 0.278 e. The van der Waals surface area contributed by atoms with Crippen LogP contribution in [0.1, 0.15) is 48.4 Å². The second-order valence-electron chi connectivity index (χ2n) is 7.72. The Labute approximate surface area is 148 Å². The fourth-order valence-corrected chi connectivity index (χ4v) is 4.11. The van der Waals surface area contributed by atoms with E-state index in [2.05, 4.69) is 73.6 Å². The molecule has 1 aliphatic heterocycles. The molecule has 2 heterocycles. The summed E-state index contributed by atoms with van der Waals surface area (Å²) < 4.78 is 0. The van der Waals surface area contributed by atoms with E-state index >= 15 is 0 Å². The first-order valence-electron chi connectivity index (χ1n) is 8.62. The Morgan fingerprint density at radius 2 is 1.96 bits per heavy atom. The molecular formula is C20H27N2OS+. The Kier molecular flexibility index (Phi) is 4.79. The van der Waals surface area contributed by atoms with Crippen LogP contribution in [0.2, 0.25) is 0 Å². The van der Waals surface area contributed by atoms with E-state index in [1.807, 2.05) is 11.3 Å². The average Bonchev–Trinajstić information content (AvgIpc) is 3.00. The number of carbonyl (C=O) groups excluding carboxylic acids is 1. The third kappa shape index (κ3) is 3.70. The summed E-state index contributed by atoms with van der Waals surface area (Å²) in [5.74, 6) is 0.229. The lowest BCUT2D eigenvalue weighted by Gasteiger charge is -2.36. The van der Waals surface area contributed by atoms with Crippen molar-refractivity contribution in [3.8, 4) is 0 Å². The van der Waals surface area contributed by atoms with E-state index in [0.717, 1.165) is 13.0 Å². The number of rotatable bonds is 3. The van der Waals surface area contributed by atoms with Gasteiger partial charge in [-0.3, -0.25) is 4.79 Å². The molecule has 1 aromatic heterocycles. The number of quaternary nitrogens is 1. The number of carbonyl (C=O) groups is 1. The molecule has 0 saturated heterocycles. The number of hydrogen-bond donors (Lipinski definition) is 1. The van der Waals surface area contributed by atoms with Gasteiger partial charge in [0.15, 0.2) is 6.54 Å². The molecule has 0 radical (unpaired) electrons. The minimum Gasteiger partial charge on any atom is -0.334 e. The van der Waals surface area contributed by atoms with Gasteiger partial charge in [0, 0.05) is 11.4 Å². The first kappa shape index (κ1) is 17.2. The van der Waals surface area contributed by atoms with E-state index in [-0.39, 0.29) is 17.5 Å². The molecule has 2 N–H and O–H groups in total. The Balaban J connectivity index is 1.90. The van der Waals surface area contributed by atoms with Gasteiger partial charge in [-0.1, -0.05) is 29.8 Å². The van der Waals surface area contributed by atoms with Gasteiger partial charge in [0.05, 0.1) is 11.6 Å². The van der Waals surface area contributed by atoms with Crippen LogP contribution >= 0.6 is 11.3 Å². The van der Waals surface area contributed by atoms with Crippen molar-refractivity contribution in [3.63, 3.8) is 0 Å². The SMILES string of the molecule is Cc1ccc([C@@H]2c3ccsc3CCN2C(=O)C[NH2+]C(C)(C)C)cc1. The van der Waals surface area contributed by atoms with Crippen LogP contribution < -0.4 is 5.32 Å². The predicted octanol–water partition coefficient (Wildman–Crippen LogP) is 2.89. The number of nitrogens with two attached hydrogens (primary N) is 1. The minimum atomic E-state index is 0.0569. The van der Waals surface area contributed by atoms with Crippen molar-refractivity contribution < 1.29 is 10.1 Å². The van der Waals surface area contributed by atoms with Crippen LogP contribution in [-0.2, 0) is 11.2 Å². The molecule has 24 heavy (non-hydrogen) atoms. The van der Waals surface area contributed by atoms with Gasteiger partial charge in [-0.2, -0.15) is 0 Å². The number of nitrogens with zero attached hydrogens (tertiary/aromatic N) is 1. The number of benzene rings is 1. The zero-order valence-electron chi connectivity index (χ0n) is 15.0. The van der Waals surface area contributed by atoms with E-state index in [0.29, 0.717) is 6.54 Å². The van der Waals surface area contributed by atoms with Gasteiger partial charge in [-0.15, -0.1) is 11.3 Å². The van der Waals surface area contributed by atoms with E-state index in [4.69, 9.17) is 0 Å². The summed E-state index contributed by atoms with van der Waals surface area (Å²) in [5.41, 5.74) is 3.83. The summed E-state index contributed by atoms with van der Waals surface area (Å²) >= 11 is 1.81. The first-order chi connectivity index (χ1) is 11.3. The summed E-state index contributed by atoms with van der Waals surface area (Å²) in [7, 11) is 0. The highest BCUT2D eigenvalue weighted by molar-refractivity contribution is 7.10. The standard InChI is InChI=1S/C20H26N2OS/c1-14-5-7-15(8-6-14)19-16-10-12-24-17(16)9-11-22(19)18(23)13-21-20(2,3)4/h5-8,10,12,19,21H,9,11,13H2,1-4H3/p+1/t19-/m1/s1. The Morgan fingerprint density at radius 3 is 2.62 bits per heavy atom. The summed E-state index contributed by atoms with van der Waals surface area (Å²) in [6.45, 7) is 9.84. The quantitative estimate of drug-likeness (QED) is 0.914. The molecule has 4 heteroatoms. The topological polar surface area (TPSA) is 36.9 Å². The molecule has 0 fully saturated rings. The van der Waals surface area contributed by atoms with Gasteiger partial charge >= 0.3 is 0 Å². The fraction of sp³-hybridized carbons (Fsp3) is 0.450. The molecule has 0 spiro atoms. The molecule has 1 aliphatic rings. The lowest BCUT2D eigenvalue weighted by molar-refractivity contribution is -0.707. The number of aryl methyl sites for hydroxylation is 1. The summed E-state index contributed by atoms with van der Waals surface area (Å²) in [4.78, 5) is 16.4. The molecule has 0 saturated carbocycles. The van der Waals surface area contributed by atoms with Crippen LogP contribution in [0.15, 0.2) is 35.7 Å². The van der Waals surface area contributed by atoms with Crippen molar-refractivity contribution in [2.75, 3.05) is 13.1 Å². The molecular weight excluding hydrogens is 316 g/mol. The zero-order chi connectivity index (χ0) is 17.3. The number of fused-ring (bicyclic) bond motifs is 1. The molecule has 3 nitrogen and oxygen atoms in total. The number of amides is 1. The van der Waals surface area contributed by atoms with Crippen molar-refractivity contribution in [1.29, 1.82) is 0 Å². The highest BCUT2D eigenvalue weighted by atomic mass is 32.1. The smallest absolute Gasteiger partial charge is 0.278 e. The molecule has 2 aromatic rings. The summed E-state index contributed by atoms with van der Waals surface area (Å²) in [6.07, 6.45) is 0.969. The van der Waals surface area contributed by atoms with Gasteiger partial charge in [0.1, 0.15) is 0 Å². The zero-order valence-corrected chi connectivity index (χ0v) is 15.8. The van der Waals surface area contributed by atoms with Crippen molar-refractivity contribution in [2.24, 2.45) is 0 Å². The van der Waals surface area contributed by atoms with Crippen molar-refractivity contribution in [1.82, 2.24) is 4.90 Å². The van der Waals surface area contributed by atoms with Gasteiger partial charge in [0.25, 0.3) is 5.91 Å². The molecule has 3 rings (SSSR count). The predicted molar refractivity (Wildman–Crippen MR) is 99.3 cm³/mol. The minimum absolute atomic E-state index is 0.0569. The lowest BCUT2D eigenvalue weighted by Crippen LogP contribution is -2.96. The van der Waals surface area contributed by atoms with E-state index < -0.39 is 0 Å². The Morgan fingerprint density at radius 1 is 1.25 bits per heavy atom. The van der Waals surface area contributed by atoms with Gasteiger partial charge in [0.2, 0.25) is 0 Å². The molecule has 0 unspecified atom stereocenters. The molecule has 0 bridgehead atoms.